The van der Waals surface area contributed by atoms with E-state index in [0.717, 1.165) is 16.9 Å². The number of benzene rings is 2. The molecule has 0 amide bonds. The number of hydrogen-bond acceptors (Lipinski definition) is 7. The van der Waals surface area contributed by atoms with Gasteiger partial charge in [-0.05, 0) is 61.1 Å². The van der Waals surface area contributed by atoms with Gasteiger partial charge in [-0.15, -0.1) is 23.2 Å². The van der Waals surface area contributed by atoms with Gasteiger partial charge in [0.1, 0.15) is 0 Å². The molecule has 0 heterocycles. The Morgan fingerprint density at radius 2 is 1.53 bits per heavy atom. The van der Waals surface area contributed by atoms with Crippen molar-refractivity contribution in [2.75, 3.05) is 46.9 Å². The number of carbonyl (C=O) groups is 2. The molecule has 0 aromatic heterocycles. The van der Waals surface area contributed by atoms with E-state index >= 15 is 0 Å². The van der Waals surface area contributed by atoms with Crippen molar-refractivity contribution in [1.82, 2.24) is 0 Å². The first kappa shape index (κ1) is 27.7. The Bertz CT molecular complexity index is 999. The van der Waals surface area contributed by atoms with Gasteiger partial charge in [0, 0.05) is 61.8 Å². The molecule has 0 spiro atoms. The first-order valence-electron chi connectivity index (χ1n) is 10.6. The third-order valence-corrected chi connectivity index (χ3v) is 5.08. The number of nitrogens with zero attached hydrogens (tertiary/aromatic N) is 1. The van der Waals surface area contributed by atoms with Crippen molar-refractivity contribution >= 4 is 69.5 Å². The van der Waals surface area contributed by atoms with Crippen LogP contribution < -0.4 is 30.7 Å². The summed E-state index contributed by atoms with van der Waals surface area (Å²) in [6.45, 7) is 4.26. The van der Waals surface area contributed by atoms with Gasteiger partial charge in [-0.1, -0.05) is 0 Å². The second-order valence-corrected chi connectivity index (χ2v) is 8.34. The van der Waals surface area contributed by atoms with Gasteiger partial charge in [0.2, 0.25) is 0 Å². The average Bonchev–Trinajstić information content (AvgIpc) is 2.76. The van der Waals surface area contributed by atoms with E-state index in [9.17, 15) is 9.59 Å². The molecule has 0 fully saturated rings. The summed E-state index contributed by atoms with van der Waals surface area (Å²) in [5, 5.41) is 6.54. The van der Waals surface area contributed by atoms with Gasteiger partial charge in [0.05, 0.1) is 0 Å². The minimum absolute atomic E-state index is 0.0943. The van der Waals surface area contributed by atoms with Crippen molar-refractivity contribution in [2.24, 2.45) is 5.73 Å². The van der Waals surface area contributed by atoms with E-state index in [4.69, 9.17) is 50.6 Å². The maximum Gasteiger partial charge on any atom is 0.308 e. The molecule has 4 N–H and O–H groups in total. The number of hydrogen-bond donors (Lipinski definition) is 3. The Labute approximate surface area is 214 Å². The maximum atomic E-state index is 11.5. The van der Waals surface area contributed by atoms with Crippen LogP contribution in [-0.2, 0) is 16.0 Å². The maximum absolute atomic E-state index is 11.5. The highest BCUT2D eigenvalue weighted by molar-refractivity contribution is 7.80. The molecule has 0 atom stereocenters. The molecule has 2 rings (SSSR count). The lowest BCUT2D eigenvalue weighted by Gasteiger charge is -2.23. The fourth-order valence-electron chi connectivity index (χ4n) is 3.16. The molecule has 0 aliphatic rings. The predicted octanol–water partition coefficient (Wildman–Crippen LogP) is 4.13. The van der Waals surface area contributed by atoms with Crippen LogP contribution in [0, 0.1) is 0 Å². The summed E-state index contributed by atoms with van der Waals surface area (Å²) in [5.74, 6) is 0.137. The van der Waals surface area contributed by atoms with Crippen molar-refractivity contribution in [3.05, 3.63) is 42.0 Å². The number of thiocarbonyl (C=S) groups is 1. The molecule has 0 radical (unpaired) electrons. The molecule has 2 aromatic rings. The minimum Gasteiger partial charge on any atom is -0.423 e. The van der Waals surface area contributed by atoms with Gasteiger partial charge < -0.3 is 30.7 Å². The highest BCUT2D eigenvalue weighted by Gasteiger charge is 2.16. The Kier molecular flexibility index (Phi) is 11.4. The number of nitrogens with two attached hydrogens (primary N) is 1. The molecule has 0 unspecified atom stereocenters. The summed E-state index contributed by atoms with van der Waals surface area (Å²) >= 11 is 17.2. The third-order valence-electron chi connectivity index (χ3n) is 4.54. The Balaban J connectivity index is 2.21. The number of carbonyl (C=O) groups excluding carboxylic acids is 2. The number of alkyl halides is 2. The fraction of sp³-hybridized carbons (Fsp3) is 0.348. The van der Waals surface area contributed by atoms with Crippen molar-refractivity contribution in [1.29, 1.82) is 0 Å². The third kappa shape index (κ3) is 8.64. The smallest absolute Gasteiger partial charge is 0.308 e. The summed E-state index contributed by atoms with van der Waals surface area (Å²) in [6.07, 6.45) is 0.477. The number of nitrogens with one attached hydrogen (secondary N) is 2. The van der Waals surface area contributed by atoms with E-state index in [0.29, 0.717) is 48.6 Å². The lowest BCUT2D eigenvalue weighted by atomic mass is 10.1. The van der Waals surface area contributed by atoms with Crippen LogP contribution in [-0.4, -0.2) is 48.4 Å². The lowest BCUT2D eigenvalue weighted by Crippen LogP contribution is -2.27. The summed E-state index contributed by atoms with van der Waals surface area (Å²) in [7, 11) is 0. The number of rotatable bonds is 11. The van der Waals surface area contributed by atoms with Crippen LogP contribution in [0.4, 0.5) is 17.1 Å². The van der Waals surface area contributed by atoms with Gasteiger partial charge in [-0.2, -0.15) is 0 Å². The lowest BCUT2D eigenvalue weighted by molar-refractivity contribution is -0.134. The van der Waals surface area contributed by atoms with E-state index < -0.39 is 11.9 Å². The highest BCUT2D eigenvalue weighted by atomic mass is 35.5. The summed E-state index contributed by atoms with van der Waals surface area (Å²) in [6, 6.07) is 10.9. The van der Waals surface area contributed by atoms with E-state index in [1.807, 2.05) is 24.3 Å². The van der Waals surface area contributed by atoms with Gasteiger partial charge in [0.15, 0.2) is 16.6 Å². The topological polar surface area (TPSA) is 106 Å². The monoisotopic (exact) mass is 526 g/mol. The molecule has 184 valence electrons. The van der Waals surface area contributed by atoms with Crippen LogP contribution >= 0.6 is 35.4 Å². The van der Waals surface area contributed by atoms with Crippen molar-refractivity contribution in [2.45, 2.75) is 20.3 Å². The van der Waals surface area contributed by atoms with Crippen molar-refractivity contribution in [3.8, 4) is 11.5 Å². The van der Waals surface area contributed by atoms with E-state index in [1.54, 1.807) is 12.1 Å². The van der Waals surface area contributed by atoms with Crippen LogP contribution in [0.25, 0.3) is 0 Å². The highest BCUT2D eigenvalue weighted by Crippen LogP contribution is 2.34. The first-order valence-corrected chi connectivity index (χ1v) is 12.0. The second kappa shape index (κ2) is 14.0. The van der Waals surface area contributed by atoms with Crippen LogP contribution in [0.15, 0.2) is 36.4 Å². The van der Waals surface area contributed by atoms with Gasteiger partial charge in [-0.3, -0.25) is 9.59 Å². The first-order chi connectivity index (χ1) is 16.3. The van der Waals surface area contributed by atoms with Crippen LogP contribution in [0.1, 0.15) is 19.4 Å². The van der Waals surface area contributed by atoms with Crippen molar-refractivity contribution in [3.63, 3.8) is 0 Å². The molecule has 2 aromatic carbocycles. The SMILES string of the molecule is CC(=O)Oc1cc(CCN)c(NC(=S)Nc2ccc(N(CCCl)CCCl)cc2)cc1OC(C)=O. The Morgan fingerprint density at radius 1 is 0.971 bits per heavy atom. The number of ether oxygens (including phenoxy) is 2. The van der Waals surface area contributed by atoms with Crippen molar-refractivity contribution < 1.29 is 19.1 Å². The molecule has 0 aliphatic carbocycles. The summed E-state index contributed by atoms with van der Waals surface area (Å²) < 4.78 is 10.4. The van der Waals surface area contributed by atoms with Gasteiger partial charge >= 0.3 is 11.9 Å². The van der Waals surface area contributed by atoms with E-state index in [2.05, 4.69) is 15.5 Å². The zero-order valence-corrected chi connectivity index (χ0v) is 21.4. The zero-order chi connectivity index (χ0) is 25.1. The summed E-state index contributed by atoms with van der Waals surface area (Å²) in [4.78, 5) is 25.1. The number of anilines is 3. The minimum atomic E-state index is -0.552. The molecule has 0 aliphatic heterocycles. The van der Waals surface area contributed by atoms with Gasteiger partial charge in [-0.25, -0.2) is 0 Å². The fourth-order valence-corrected chi connectivity index (χ4v) is 3.80. The summed E-state index contributed by atoms with van der Waals surface area (Å²) in [5.41, 5.74) is 8.84. The molecule has 11 heteroatoms. The standard InChI is InChI=1S/C23H28Cl2N4O4S/c1-15(30)32-21-13-17(7-10-26)20(14-22(21)33-16(2)31)28-23(34)27-18-3-5-19(6-4-18)29(11-8-24)12-9-25/h3-6,13-14H,7-12,26H2,1-2H3,(H2,27,28,34). The van der Waals surface area contributed by atoms with E-state index in [-0.39, 0.29) is 11.5 Å². The van der Waals surface area contributed by atoms with E-state index in [1.165, 1.54) is 13.8 Å². The second-order valence-electron chi connectivity index (χ2n) is 7.17. The number of halogens is 2. The average molecular weight is 527 g/mol. The number of esters is 2. The predicted molar refractivity (Wildman–Crippen MR) is 142 cm³/mol. The molecular formula is C23H28Cl2N4O4S. The van der Waals surface area contributed by atoms with Crippen LogP contribution in [0.2, 0.25) is 0 Å². The quantitative estimate of drug-likeness (QED) is 0.172. The zero-order valence-electron chi connectivity index (χ0n) is 19.0. The molecule has 0 bridgehead atoms. The Morgan fingerprint density at radius 3 is 2.03 bits per heavy atom. The molecule has 0 saturated heterocycles. The molecular weight excluding hydrogens is 499 g/mol. The molecule has 8 nitrogen and oxygen atoms in total. The normalized spacial score (nSPS) is 10.4. The van der Waals surface area contributed by atoms with Crippen LogP contribution in [0.3, 0.4) is 0 Å². The van der Waals surface area contributed by atoms with Gasteiger partial charge in [0.25, 0.3) is 0 Å². The molecule has 34 heavy (non-hydrogen) atoms. The Hall–Kier alpha value is -2.59. The molecule has 0 saturated carbocycles. The largest absolute Gasteiger partial charge is 0.423 e. The van der Waals surface area contributed by atoms with Crippen LogP contribution in [0.5, 0.6) is 11.5 Å².